The first-order valence-corrected chi connectivity index (χ1v) is 10.0. The fourth-order valence-electron chi connectivity index (χ4n) is 3.19. The molecule has 0 saturated heterocycles. The Labute approximate surface area is 178 Å². The molecule has 0 bridgehead atoms. The summed E-state index contributed by atoms with van der Waals surface area (Å²) in [6, 6.07) is 21.1. The number of rotatable bonds is 5. The van der Waals surface area contributed by atoms with Crippen molar-refractivity contribution in [3.63, 3.8) is 0 Å². The molecule has 0 N–H and O–H groups in total. The van der Waals surface area contributed by atoms with Crippen LogP contribution in [0.15, 0.2) is 77.6 Å². The molecule has 4 rings (SSSR count). The fraction of sp³-hybridized carbons (Fsp3) is 0.125. The Morgan fingerprint density at radius 3 is 2.40 bits per heavy atom. The first-order chi connectivity index (χ1) is 14.6. The quantitative estimate of drug-likeness (QED) is 0.414. The average molecular weight is 419 g/mol. The van der Waals surface area contributed by atoms with Crippen LogP contribution >= 0.6 is 11.6 Å². The van der Waals surface area contributed by atoms with Gasteiger partial charge >= 0.3 is 5.97 Å². The monoisotopic (exact) mass is 418 g/mol. The summed E-state index contributed by atoms with van der Waals surface area (Å²) in [5, 5.41) is 1.12. The van der Waals surface area contributed by atoms with E-state index in [0.717, 1.165) is 12.0 Å². The second kappa shape index (κ2) is 8.51. The van der Waals surface area contributed by atoms with Gasteiger partial charge in [-0.15, -0.1) is 0 Å². The highest BCUT2D eigenvalue weighted by Crippen LogP contribution is 2.24. The summed E-state index contributed by atoms with van der Waals surface area (Å²) in [7, 11) is 0. The van der Waals surface area contributed by atoms with Gasteiger partial charge < -0.3 is 4.74 Å². The number of para-hydroxylation sites is 1. The molecule has 0 atom stereocenters. The van der Waals surface area contributed by atoms with Crippen LogP contribution in [0.1, 0.15) is 23.7 Å². The lowest BCUT2D eigenvalue weighted by atomic mass is 10.1. The third-order valence-electron chi connectivity index (χ3n) is 4.68. The van der Waals surface area contributed by atoms with Crippen molar-refractivity contribution in [2.45, 2.75) is 13.3 Å². The van der Waals surface area contributed by atoms with E-state index < -0.39 is 0 Å². The smallest absolute Gasteiger partial charge is 0.338 e. The van der Waals surface area contributed by atoms with E-state index in [2.05, 4.69) is 0 Å². The molecule has 0 aliphatic heterocycles. The van der Waals surface area contributed by atoms with Crippen LogP contribution in [0.25, 0.3) is 28.0 Å². The molecule has 4 aromatic rings. The van der Waals surface area contributed by atoms with Crippen LogP contribution in [-0.2, 0) is 4.74 Å². The number of carbonyl (C=O) groups is 1. The Balaban J connectivity index is 1.88. The van der Waals surface area contributed by atoms with Gasteiger partial charge in [-0.05, 0) is 67.1 Å². The lowest BCUT2D eigenvalue weighted by Crippen LogP contribution is -2.22. The molecule has 5 nitrogen and oxygen atoms in total. The number of aromatic nitrogens is 2. The highest BCUT2D eigenvalue weighted by atomic mass is 35.5. The van der Waals surface area contributed by atoms with Crippen LogP contribution in [0.4, 0.5) is 0 Å². The lowest BCUT2D eigenvalue weighted by Gasteiger charge is -2.14. The predicted molar refractivity (Wildman–Crippen MR) is 118 cm³/mol. The molecule has 0 unspecified atom stereocenters. The van der Waals surface area contributed by atoms with Crippen molar-refractivity contribution < 1.29 is 9.53 Å². The number of halogens is 1. The molecule has 1 heterocycles. The van der Waals surface area contributed by atoms with E-state index in [-0.39, 0.29) is 11.5 Å². The van der Waals surface area contributed by atoms with E-state index in [4.69, 9.17) is 21.3 Å². The normalized spacial score (nSPS) is 10.9. The molecule has 30 heavy (non-hydrogen) atoms. The van der Waals surface area contributed by atoms with E-state index >= 15 is 0 Å². The first kappa shape index (κ1) is 19.9. The van der Waals surface area contributed by atoms with Crippen LogP contribution in [0, 0.1) is 0 Å². The Kier molecular flexibility index (Phi) is 5.63. The van der Waals surface area contributed by atoms with E-state index in [1.54, 1.807) is 47.0 Å². The van der Waals surface area contributed by atoms with Gasteiger partial charge in [0.1, 0.15) is 5.82 Å². The number of fused-ring (bicyclic) bond motifs is 1. The van der Waals surface area contributed by atoms with Crippen LogP contribution in [0.3, 0.4) is 0 Å². The Morgan fingerprint density at radius 1 is 1.00 bits per heavy atom. The first-order valence-electron chi connectivity index (χ1n) is 9.64. The van der Waals surface area contributed by atoms with Crippen molar-refractivity contribution >= 4 is 28.5 Å². The van der Waals surface area contributed by atoms with Gasteiger partial charge in [0.05, 0.1) is 28.8 Å². The zero-order valence-corrected chi connectivity index (χ0v) is 17.1. The van der Waals surface area contributed by atoms with E-state index in [1.807, 2.05) is 37.3 Å². The van der Waals surface area contributed by atoms with Crippen molar-refractivity contribution in [2.75, 3.05) is 6.61 Å². The third kappa shape index (κ3) is 3.84. The minimum Gasteiger partial charge on any atom is -0.462 e. The highest BCUT2D eigenvalue weighted by Gasteiger charge is 2.15. The second-order valence-corrected chi connectivity index (χ2v) is 7.22. The van der Waals surface area contributed by atoms with E-state index in [1.165, 1.54) is 0 Å². The average Bonchev–Trinajstić information content (AvgIpc) is 2.78. The summed E-state index contributed by atoms with van der Waals surface area (Å²) < 4.78 is 6.72. The number of hydrogen-bond donors (Lipinski definition) is 0. The number of carbonyl (C=O) groups excluding carboxylic acids is 1. The number of ether oxygens (including phenoxy) is 1. The summed E-state index contributed by atoms with van der Waals surface area (Å²) in [4.78, 5) is 30.2. The largest absolute Gasteiger partial charge is 0.462 e. The fourth-order valence-corrected chi connectivity index (χ4v) is 3.32. The number of benzene rings is 3. The van der Waals surface area contributed by atoms with Gasteiger partial charge in [-0.3, -0.25) is 9.36 Å². The highest BCUT2D eigenvalue weighted by molar-refractivity contribution is 6.30. The van der Waals surface area contributed by atoms with Crippen LogP contribution in [-0.4, -0.2) is 22.1 Å². The molecule has 6 heteroatoms. The lowest BCUT2D eigenvalue weighted by molar-refractivity contribution is 0.0505. The molecule has 150 valence electrons. The topological polar surface area (TPSA) is 61.2 Å². The summed E-state index contributed by atoms with van der Waals surface area (Å²) in [5.41, 5.74) is 2.22. The van der Waals surface area contributed by atoms with Crippen molar-refractivity contribution in [1.29, 1.82) is 0 Å². The van der Waals surface area contributed by atoms with Crippen molar-refractivity contribution in [3.8, 4) is 17.1 Å². The molecule has 3 aromatic carbocycles. The molecule has 0 fully saturated rings. The molecular formula is C24H19ClN2O3. The molecule has 0 aliphatic rings. The van der Waals surface area contributed by atoms with Gasteiger partial charge in [-0.25, -0.2) is 9.78 Å². The maximum Gasteiger partial charge on any atom is 0.338 e. The summed E-state index contributed by atoms with van der Waals surface area (Å²) in [6.45, 7) is 2.31. The summed E-state index contributed by atoms with van der Waals surface area (Å²) >= 11 is 6.03. The van der Waals surface area contributed by atoms with Gasteiger partial charge in [-0.1, -0.05) is 30.7 Å². The summed E-state index contributed by atoms with van der Waals surface area (Å²) in [5.74, 6) is 0.113. The van der Waals surface area contributed by atoms with Crippen molar-refractivity contribution in [1.82, 2.24) is 9.55 Å². The molecule has 0 spiro atoms. The molecule has 0 aliphatic carbocycles. The third-order valence-corrected chi connectivity index (χ3v) is 4.93. The summed E-state index contributed by atoms with van der Waals surface area (Å²) in [6.07, 6.45) is 0.756. The number of nitrogens with zero attached hydrogens (tertiary/aromatic N) is 2. The molecule has 0 amide bonds. The Morgan fingerprint density at radius 2 is 1.70 bits per heavy atom. The molecule has 0 radical (unpaired) electrons. The van der Waals surface area contributed by atoms with Gasteiger partial charge in [0.15, 0.2) is 0 Å². The minimum absolute atomic E-state index is 0.188. The SMILES string of the molecule is CCCOC(=O)c1ccc(-n2c(-c3ccc(Cl)cc3)nc3ccccc3c2=O)cc1. The van der Waals surface area contributed by atoms with Gasteiger partial charge in [0.2, 0.25) is 0 Å². The Bertz CT molecular complexity index is 1260. The predicted octanol–water partition coefficient (Wildman–Crippen LogP) is 5.27. The maximum atomic E-state index is 13.4. The second-order valence-electron chi connectivity index (χ2n) is 6.78. The maximum absolute atomic E-state index is 13.4. The molecule has 1 aromatic heterocycles. The van der Waals surface area contributed by atoms with E-state index in [9.17, 15) is 9.59 Å². The van der Waals surface area contributed by atoms with Crippen LogP contribution < -0.4 is 5.56 Å². The van der Waals surface area contributed by atoms with Gasteiger partial charge in [0, 0.05) is 10.6 Å². The minimum atomic E-state index is -0.384. The Hall–Kier alpha value is -3.44. The van der Waals surface area contributed by atoms with E-state index in [0.29, 0.717) is 39.6 Å². The standard InChI is InChI=1S/C24H19ClN2O3/c1-2-15-30-24(29)17-9-13-19(14-10-17)27-22(16-7-11-18(25)12-8-16)26-21-6-4-3-5-20(21)23(27)28/h3-14H,2,15H2,1H3. The molecular weight excluding hydrogens is 400 g/mol. The van der Waals surface area contributed by atoms with Crippen molar-refractivity contribution in [3.05, 3.63) is 93.7 Å². The number of esters is 1. The van der Waals surface area contributed by atoms with Crippen molar-refractivity contribution in [2.24, 2.45) is 0 Å². The molecule has 0 saturated carbocycles. The zero-order valence-electron chi connectivity index (χ0n) is 16.3. The van der Waals surface area contributed by atoms with Crippen LogP contribution in [0.2, 0.25) is 5.02 Å². The number of hydrogen-bond acceptors (Lipinski definition) is 4. The van der Waals surface area contributed by atoms with Gasteiger partial charge in [-0.2, -0.15) is 0 Å². The van der Waals surface area contributed by atoms with Crippen LogP contribution in [0.5, 0.6) is 0 Å². The zero-order chi connectivity index (χ0) is 21.1. The van der Waals surface area contributed by atoms with Gasteiger partial charge in [0.25, 0.3) is 5.56 Å².